The van der Waals surface area contributed by atoms with Gasteiger partial charge in [-0.25, -0.2) is 0 Å². The molecule has 1 aliphatic rings. The minimum absolute atomic E-state index is 0. The van der Waals surface area contributed by atoms with E-state index in [1.165, 1.54) is 41.0 Å². The lowest BCUT2D eigenvalue weighted by atomic mass is 9.82. The largest absolute Gasteiger partial charge is 0.507 e. The number of rotatable bonds is 7. The van der Waals surface area contributed by atoms with E-state index in [4.69, 9.17) is 0 Å². The fourth-order valence-electron chi connectivity index (χ4n) is 5.62. The zero-order valence-corrected chi connectivity index (χ0v) is 25.6. The first-order chi connectivity index (χ1) is 20.8. The Morgan fingerprint density at radius 1 is 0.614 bits per heavy atom. The maximum Gasteiger partial charge on any atom is 0.201 e. The van der Waals surface area contributed by atoms with Crippen molar-refractivity contribution < 1.29 is 19.8 Å². The highest BCUT2D eigenvalue weighted by atomic mass is 35.5. The number of carbonyl (C=O) groups excluding carboxylic acids is 2. The van der Waals surface area contributed by atoms with Gasteiger partial charge in [0.05, 0.1) is 11.1 Å². The van der Waals surface area contributed by atoms with Crippen molar-refractivity contribution in [3.8, 4) is 11.5 Å². The first-order valence-corrected chi connectivity index (χ1v) is 14.5. The zero-order chi connectivity index (χ0) is 30.3. The van der Waals surface area contributed by atoms with Gasteiger partial charge < -0.3 is 15.5 Å². The number of phenols is 2. The van der Waals surface area contributed by atoms with Crippen LogP contribution in [0.3, 0.4) is 0 Å². The van der Waals surface area contributed by atoms with Crippen molar-refractivity contribution in [1.29, 1.82) is 0 Å². The van der Waals surface area contributed by atoms with Crippen LogP contribution >= 0.6 is 12.4 Å². The van der Waals surface area contributed by atoms with E-state index in [0.29, 0.717) is 17.5 Å². The maximum atomic E-state index is 12.3. The molecule has 0 radical (unpaired) electrons. The summed E-state index contributed by atoms with van der Waals surface area (Å²) in [6, 6.07) is 40.0. The Bertz CT molecular complexity index is 1680. The first-order valence-electron chi connectivity index (χ1n) is 14.5. The molecule has 1 atom stereocenters. The van der Waals surface area contributed by atoms with Crippen molar-refractivity contribution in [1.82, 2.24) is 5.32 Å². The highest BCUT2D eigenvalue weighted by Crippen LogP contribution is 2.37. The predicted octanol–water partition coefficient (Wildman–Crippen LogP) is 8.16. The molecule has 0 amide bonds. The molecule has 1 unspecified atom stereocenters. The summed E-state index contributed by atoms with van der Waals surface area (Å²) in [6.07, 6.45) is 1.09. The van der Waals surface area contributed by atoms with Gasteiger partial charge in [-0.15, -0.1) is 12.4 Å². The molecule has 0 saturated carbocycles. The Morgan fingerprint density at radius 3 is 1.70 bits per heavy atom. The van der Waals surface area contributed by atoms with Crippen LogP contribution in [-0.4, -0.2) is 28.3 Å². The molecule has 44 heavy (non-hydrogen) atoms. The summed E-state index contributed by atoms with van der Waals surface area (Å²) in [5, 5.41) is 23.3. The van der Waals surface area contributed by atoms with Gasteiger partial charge in [-0.05, 0) is 67.3 Å². The minimum Gasteiger partial charge on any atom is -0.507 e. The lowest BCUT2D eigenvalue weighted by Gasteiger charge is -2.20. The molecule has 6 rings (SSSR count). The van der Waals surface area contributed by atoms with E-state index in [1.54, 1.807) is 13.0 Å². The Labute approximate surface area is 264 Å². The van der Waals surface area contributed by atoms with Gasteiger partial charge in [0.1, 0.15) is 11.5 Å². The van der Waals surface area contributed by atoms with E-state index in [-0.39, 0.29) is 51.9 Å². The van der Waals surface area contributed by atoms with Crippen molar-refractivity contribution in [2.75, 3.05) is 6.54 Å². The van der Waals surface area contributed by atoms with Crippen molar-refractivity contribution in [2.24, 2.45) is 0 Å². The Balaban J connectivity index is 0.000000201. The molecule has 1 aliphatic carbocycles. The molecule has 0 bridgehead atoms. The normalized spacial score (nSPS) is 12.3. The van der Waals surface area contributed by atoms with Crippen molar-refractivity contribution >= 4 is 24.0 Å². The number of nitrogens with one attached hydrogen (secondary N) is 1. The number of phenolic OH excluding ortho intramolecular Hbond substituents is 2. The standard InChI is InChI=1S/C23H25N.C15H10O4.ClH/c1-19(20-11-5-2-6-12-20)24-18-17-23(21-13-7-3-8-14-21)22-15-9-4-10-16-22;1-7-5-9-13(11(17)6-7)15(19)12-8(14(9)18)3-2-4-10(12)16;/h2-16,19,23-24H,17-18H2,1H3;2-6,16-17H,1H3;1H. The number of halogens is 1. The van der Waals surface area contributed by atoms with Crippen LogP contribution in [-0.2, 0) is 0 Å². The topological polar surface area (TPSA) is 86.6 Å². The zero-order valence-electron chi connectivity index (χ0n) is 24.7. The van der Waals surface area contributed by atoms with E-state index < -0.39 is 5.78 Å². The molecular weight excluding hydrogens is 570 g/mol. The van der Waals surface area contributed by atoms with E-state index in [0.717, 1.165) is 13.0 Å². The predicted molar refractivity (Wildman–Crippen MR) is 177 cm³/mol. The van der Waals surface area contributed by atoms with Gasteiger partial charge in [-0.2, -0.15) is 0 Å². The average Bonchev–Trinajstić information content (AvgIpc) is 3.03. The van der Waals surface area contributed by atoms with Crippen molar-refractivity contribution in [3.05, 3.63) is 166 Å². The third-order valence-corrected chi connectivity index (χ3v) is 7.83. The van der Waals surface area contributed by atoms with Crippen LogP contribution in [0.1, 0.15) is 79.4 Å². The van der Waals surface area contributed by atoms with Gasteiger partial charge >= 0.3 is 0 Å². The molecule has 3 N–H and O–H groups in total. The molecule has 5 aromatic carbocycles. The van der Waals surface area contributed by atoms with E-state index in [1.807, 2.05) is 0 Å². The minimum atomic E-state index is -0.528. The van der Waals surface area contributed by atoms with E-state index >= 15 is 0 Å². The number of carbonyl (C=O) groups is 2. The fourth-order valence-corrected chi connectivity index (χ4v) is 5.62. The monoisotopic (exact) mass is 605 g/mol. The molecule has 5 aromatic rings. The number of hydrogen-bond donors (Lipinski definition) is 3. The SMILES string of the molecule is CC(NCCC(c1ccccc1)c1ccccc1)c1ccccc1.Cc1cc(O)c2c(c1)C(=O)c1cccc(O)c1C2=O.Cl. The van der Waals surface area contributed by atoms with Crippen LogP contribution in [0, 0.1) is 6.92 Å². The molecule has 0 fully saturated rings. The van der Waals surface area contributed by atoms with Gasteiger partial charge in [0.2, 0.25) is 5.78 Å². The fraction of sp³-hybridized carbons (Fsp3) is 0.158. The molecule has 0 aromatic heterocycles. The quantitative estimate of drug-likeness (QED) is 0.171. The molecule has 6 heteroatoms. The first kappa shape index (κ1) is 32.2. The van der Waals surface area contributed by atoms with Gasteiger partial charge in [-0.1, -0.05) is 103 Å². The Morgan fingerprint density at radius 2 is 1.14 bits per heavy atom. The number of aryl methyl sites for hydroxylation is 1. The average molecular weight is 606 g/mol. The Kier molecular flexibility index (Phi) is 10.7. The lowest BCUT2D eigenvalue weighted by Crippen LogP contribution is -2.21. The number of hydrogen-bond acceptors (Lipinski definition) is 5. The highest BCUT2D eigenvalue weighted by molar-refractivity contribution is 6.30. The van der Waals surface area contributed by atoms with Gasteiger partial charge in [0, 0.05) is 23.1 Å². The van der Waals surface area contributed by atoms with E-state index in [2.05, 4.69) is 103 Å². The molecule has 0 heterocycles. The summed E-state index contributed by atoms with van der Waals surface area (Å²) in [4.78, 5) is 24.7. The molecule has 5 nitrogen and oxygen atoms in total. The number of aromatic hydroxyl groups is 2. The number of benzene rings is 5. The van der Waals surface area contributed by atoms with Crippen molar-refractivity contribution in [2.45, 2.75) is 32.2 Å². The third kappa shape index (κ3) is 7.08. The summed E-state index contributed by atoms with van der Waals surface area (Å²) in [7, 11) is 0. The summed E-state index contributed by atoms with van der Waals surface area (Å²) < 4.78 is 0. The van der Waals surface area contributed by atoms with Crippen LogP contribution in [0.2, 0.25) is 0 Å². The van der Waals surface area contributed by atoms with Crippen LogP contribution in [0.4, 0.5) is 0 Å². The smallest absolute Gasteiger partial charge is 0.201 e. The van der Waals surface area contributed by atoms with Gasteiger partial charge in [0.15, 0.2) is 5.78 Å². The van der Waals surface area contributed by atoms with Crippen LogP contribution in [0.25, 0.3) is 0 Å². The summed E-state index contributed by atoms with van der Waals surface area (Å²) in [6.45, 7) is 4.95. The second kappa shape index (κ2) is 14.6. The summed E-state index contributed by atoms with van der Waals surface area (Å²) in [5.41, 5.74) is 5.08. The summed E-state index contributed by atoms with van der Waals surface area (Å²) in [5.74, 6) is -0.939. The van der Waals surface area contributed by atoms with Gasteiger partial charge in [-0.3, -0.25) is 9.59 Å². The van der Waals surface area contributed by atoms with Crippen LogP contribution in [0.15, 0.2) is 121 Å². The highest BCUT2D eigenvalue weighted by Gasteiger charge is 2.34. The number of ketones is 2. The third-order valence-electron chi connectivity index (χ3n) is 7.83. The van der Waals surface area contributed by atoms with Gasteiger partial charge in [0.25, 0.3) is 0 Å². The van der Waals surface area contributed by atoms with Crippen LogP contribution in [0.5, 0.6) is 11.5 Å². The lowest BCUT2D eigenvalue weighted by molar-refractivity contribution is 0.0974. The van der Waals surface area contributed by atoms with E-state index in [9.17, 15) is 19.8 Å². The molecule has 0 spiro atoms. The summed E-state index contributed by atoms with van der Waals surface area (Å²) >= 11 is 0. The molecular formula is C38H36ClNO4. The van der Waals surface area contributed by atoms with Crippen molar-refractivity contribution in [3.63, 3.8) is 0 Å². The maximum absolute atomic E-state index is 12.3. The second-order valence-corrected chi connectivity index (χ2v) is 10.8. The number of fused-ring (bicyclic) bond motifs is 2. The Hall–Kier alpha value is -4.71. The molecule has 0 saturated heterocycles. The molecule has 224 valence electrons. The van der Waals surface area contributed by atoms with Crippen LogP contribution < -0.4 is 5.32 Å². The second-order valence-electron chi connectivity index (χ2n) is 10.8. The molecule has 0 aliphatic heterocycles.